The molecule has 0 radical (unpaired) electrons. The van der Waals surface area contributed by atoms with Crippen molar-refractivity contribution in [3.63, 3.8) is 0 Å². The molecule has 0 saturated heterocycles. The highest BCUT2D eigenvalue weighted by molar-refractivity contribution is 5.49. The smallest absolute Gasteiger partial charge is 0.0688 e. The molecule has 0 saturated carbocycles. The molecule has 13 heavy (non-hydrogen) atoms. The lowest BCUT2D eigenvalue weighted by Crippen LogP contribution is -2.16. The summed E-state index contributed by atoms with van der Waals surface area (Å²) in [7, 11) is 0. The van der Waals surface area contributed by atoms with Crippen molar-refractivity contribution in [1.29, 1.82) is 0 Å². The SMILES string of the molecule is N[C@H](CO)c1ccc2ccccn12. The summed E-state index contributed by atoms with van der Waals surface area (Å²) in [4.78, 5) is 0. The monoisotopic (exact) mass is 176 g/mol. The molecule has 0 bridgehead atoms. The van der Waals surface area contributed by atoms with Gasteiger partial charge in [-0.25, -0.2) is 0 Å². The van der Waals surface area contributed by atoms with Crippen molar-refractivity contribution in [3.05, 3.63) is 42.2 Å². The number of fused-ring (bicyclic) bond motifs is 1. The van der Waals surface area contributed by atoms with E-state index in [1.54, 1.807) is 0 Å². The van der Waals surface area contributed by atoms with Crippen LogP contribution in [0.5, 0.6) is 0 Å². The molecular weight excluding hydrogens is 164 g/mol. The van der Waals surface area contributed by atoms with E-state index in [0.29, 0.717) is 0 Å². The molecule has 0 amide bonds. The Balaban J connectivity index is 2.57. The molecule has 0 unspecified atom stereocenters. The van der Waals surface area contributed by atoms with E-state index < -0.39 is 0 Å². The Hall–Kier alpha value is -1.32. The Morgan fingerprint density at radius 2 is 2.15 bits per heavy atom. The molecule has 3 nitrogen and oxygen atoms in total. The summed E-state index contributed by atoms with van der Waals surface area (Å²) in [6.45, 7) is -0.0268. The maximum Gasteiger partial charge on any atom is 0.0688 e. The predicted molar refractivity (Wildman–Crippen MR) is 51.4 cm³/mol. The van der Waals surface area contributed by atoms with E-state index in [1.165, 1.54) is 0 Å². The van der Waals surface area contributed by atoms with Crippen LogP contribution in [0.3, 0.4) is 0 Å². The maximum atomic E-state index is 8.93. The van der Waals surface area contributed by atoms with Gasteiger partial charge in [-0.2, -0.15) is 0 Å². The number of nitrogens with two attached hydrogens (primary N) is 1. The lowest BCUT2D eigenvalue weighted by molar-refractivity contribution is 0.265. The minimum absolute atomic E-state index is 0.0268. The van der Waals surface area contributed by atoms with Gasteiger partial charge in [0.2, 0.25) is 0 Å². The van der Waals surface area contributed by atoms with Crippen LogP contribution < -0.4 is 5.73 Å². The fourth-order valence-corrected chi connectivity index (χ4v) is 1.47. The molecule has 2 aromatic rings. The highest BCUT2D eigenvalue weighted by Gasteiger charge is 2.07. The van der Waals surface area contributed by atoms with Gasteiger partial charge in [-0.3, -0.25) is 0 Å². The number of rotatable bonds is 2. The minimum Gasteiger partial charge on any atom is -0.394 e. The molecule has 3 N–H and O–H groups in total. The second kappa shape index (κ2) is 3.20. The van der Waals surface area contributed by atoms with Crippen molar-refractivity contribution >= 4 is 5.52 Å². The van der Waals surface area contributed by atoms with Gasteiger partial charge in [-0.15, -0.1) is 0 Å². The number of nitrogens with zero attached hydrogens (tertiary/aromatic N) is 1. The lowest BCUT2D eigenvalue weighted by Gasteiger charge is -2.08. The van der Waals surface area contributed by atoms with Crippen molar-refractivity contribution in [2.24, 2.45) is 5.73 Å². The van der Waals surface area contributed by atoms with Crippen LogP contribution in [0, 0.1) is 0 Å². The van der Waals surface area contributed by atoms with Gasteiger partial charge in [0, 0.05) is 17.4 Å². The second-order valence-corrected chi connectivity index (χ2v) is 3.04. The molecule has 2 heterocycles. The highest BCUT2D eigenvalue weighted by atomic mass is 16.3. The van der Waals surface area contributed by atoms with Crippen LogP contribution in [0.25, 0.3) is 5.52 Å². The Labute approximate surface area is 76.4 Å². The van der Waals surface area contributed by atoms with Crippen molar-refractivity contribution in [1.82, 2.24) is 4.40 Å². The van der Waals surface area contributed by atoms with Crippen LogP contribution in [0.2, 0.25) is 0 Å². The van der Waals surface area contributed by atoms with Crippen LogP contribution in [0.15, 0.2) is 36.5 Å². The van der Waals surface area contributed by atoms with Crippen LogP contribution in [-0.4, -0.2) is 16.1 Å². The molecule has 68 valence electrons. The first-order valence-corrected chi connectivity index (χ1v) is 4.25. The average Bonchev–Trinajstić information content (AvgIpc) is 2.60. The van der Waals surface area contributed by atoms with E-state index >= 15 is 0 Å². The number of aliphatic hydroxyl groups excluding tert-OH is 1. The summed E-state index contributed by atoms with van der Waals surface area (Å²) in [5.41, 5.74) is 7.78. The normalized spacial score (nSPS) is 13.4. The van der Waals surface area contributed by atoms with E-state index in [0.717, 1.165) is 11.2 Å². The summed E-state index contributed by atoms with van der Waals surface area (Å²) in [6.07, 6.45) is 1.94. The van der Waals surface area contributed by atoms with Gasteiger partial charge in [0.1, 0.15) is 0 Å². The number of aliphatic hydroxyl groups is 1. The van der Waals surface area contributed by atoms with Crippen LogP contribution >= 0.6 is 0 Å². The van der Waals surface area contributed by atoms with Gasteiger partial charge in [0.15, 0.2) is 0 Å². The van der Waals surface area contributed by atoms with E-state index in [4.69, 9.17) is 10.8 Å². The number of hydrogen-bond donors (Lipinski definition) is 2. The molecular formula is C10H12N2O. The van der Waals surface area contributed by atoms with E-state index in [9.17, 15) is 0 Å². The standard InChI is InChI=1S/C10H12N2O/c11-9(7-13)10-5-4-8-3-1-2-6-12(8)10/h1-6,9,13H,7,11H2/t9-/m1/s1. The van der Waals surface area contributed by atoms with Crippen molar-refractivity contribution in [3.8, 4) is 0 Å². The highest BCUT2D eigenvalue weighted by Crippen LogP contribution is 2.14. The van der Waals surface area contributed by atoms with Gasteiger partial charge in [0.05, 0.1) is 12.6 Å². The van der Waals surface area contributed by atoms with E-state index in [-0.39, 0.29) is 12.6 Å². The summed E-state index contributed by atoms with van der Waals surface area (Å²) in [5, 5.41) is 8.93. The molecule has 0 aliphatic rings. The Bertz CT molecular complexity index is 408. The van der Waals surface area contributed by atoms with Gasteiger partial charge < -0.3 is 15.2 Å². The summed E-state index contributed by atoms with van der Waals surface area (Å²) in [6, 6.07) is 9.56. The second-order valence-electron chi connectivity index (χ2n) is 3.04. The quantitative estimate of drug-likeness (QED) is 0.715. The van der Waals surface area contributed by atoms with E-state index in [2.05, 4.69) is 0 Å². The summed E-state index contributed by atoms with van der Waals surface area (Å²) in [5.74, 6) is 0. The molecule has 0 aliphatic carbocycles. The van der Waals surface area contributed by atoms with Crippen molar-refractivity contribution in [2.75, 3.05) is 6.61 Å². The predicted octanol–water partition coefficient (Wildman–Crippen LogP) is 0.931. The largest absolute Gasteiger partial charge is 0.394 e. The number of hydrogen-bond acceptors (Lipinski definition) is 2. The third-order valence-electron chi connectivity index (χ3n) is 2.17. The zero-order valence-electron chi connectivity index (χ0n) is 7.22. The Kier molecular flexibility index (Phi) is 2.04. The van der Waals surface area contributed by atoms with Gasteiger partial charge in [-0.05, 0) is 24.3 Å². The van der Waals surface area contributed by atoms with Crippen molar-refractivity contribution in [2.45, 2.75) is 6.04 Å². The lowest BCUT2D eigenvalue weighted by atomic mass is 10.2. The minimum atomic E-state index is -0.301. The molecule has 2 aromatic heterocycles. The number of pyridine rings is 1. The average molecular weight is 176 g/mol. The maximum absolute atomic E-state index is 8.93. The van der Waals surface area contributed by atoms with Crippen LogP contribution in [0.4, 0.5) is 0 Å². The summed E-state index contributed by atoms with van der Waals surface area (Å²) < 4.78 is 1.99. The molecule has 1 atom stereocenters. The third kappa shape index (κ3) is 1.32. The first-order valence-electron chi connectivity index (χ1n) is 4.25. The topological polar surface area (TPSA) is 50.7 Å². The zero-order valence-corrected chi connectivity index (χ0v) is 7.22. The Morgan fingerprint density at radius 3 is 2.92 bits per heavy atom. The first-order chi connectivity index (χ1) is 6.33. The molecule has 2 rings (SSSR count). The molecule has 3 heteroatoms. The Morgan fingerprint density at radius 1 is 1.31 bits per heavy atom. The molecule has 0 aromatic carbocycles. The first kappa shape index (κ1) is 8.29. The van der Waals surface area contributed by atoms with Gasteiger partial charge >= 0.3 is 0 Å². The fraction of sp³-hybridized carbons (Fsp3) is 0.200. The van der Waals surface area contributed by atoms with Gasteiger partial charge in [-0.1, -0.05) is 6.07 Å². The third-order valence-corrected chi connectivity index (χ3v) is 2.17. The summed E-state index contributed by atoms with van der Waals surface area (Å²) >= 11 is 0. The fourth-order valence-electron chi connectivity index (χ4n) is 1.47. The van der Waals surface area contributed by atoms with Gasteiger partial charge in [0.25, 0.3) is 0 Å². The van der Waals surface area contributed by atoms with Crippen LogP contribution in [-0.2, 0) is 0 Å². The van der Waals surface area contributed by atoms with Crippen molar-refractivity contribution < 1.29 is 5.11 Å². The number of aromatic nitrogens is 1. The van der Waals surface area contributed by atoms with Crippen LogP contribution in [0.1, 0.15) is 11.7 Å². The molecule has 0 spiro atoms. The van der Waals surface area contributed by atoms with E-state index in [1.807, 2.05) is 40.9 Å². The molecule has 0 fully saturated rings. The molecule has 0 aliphatic heterocycles. The zero-order chi connectivity index (χ0) is 9.26.